The minimum Gasteiger partial charge on any atom is -0.508 e. The SMILES string of the molecule is CN(CC=C(F)C(F)(F)C(F)(F)C(F)(F)C(F)(F)C(F)(F)C(F)(F)C(F)(F)F)CCCCC[C@@H]1Cc2cc(O)ccc2[C@@H]2[C@@H]1[C@@H]1CC[C@H](O)[C@@]1(C)C[C@@H]2F. The summed E-state index contributed by atoms with van der Waals surface area (Å²) in [4.78, 5) is 0.981. The number of phenols is 1. The number of fused-ring (bicyclic) bond motifs is 5. The lowest BCUT2D eigenvalue weighted by atomic mass is 9.51. The van der Waals surface area contributed by atoms with Crippen molar-refractivity contribution in [1.29, 1.82) is 0 Å². The van der Waals surface area contributed by atoms with Crippen molar-refractivity contribution in [3.63, 3.8) is 0 Å². The van der Waals surface area contributed by atoms with Gasteiger partial charge < -0.3 is 15.1 Å². The molecule has 0 spiro atoms. The number of halogens is 17. The smallest absolute Gasteiger partial charge is 0.460 e. The molecule has 2 saturated carbocycles. The molecule has 0 saturated heterocycles. The number of aromatic hydroxyl groups is 1. The molecule has 20 heteroatoms. The predicted octanol–water partition coefficient (Wildman–Crippen LogP) is 10.5. The molecular weight excluding hydrogens is 777 g/mol. The number of hydrogen-bond acceptors (Lipinski definition) is 3. The van der Waals surface area contributed by atoms with Gasteiger partial charge in [-0.15, -0.1) is 0 Å². The summed E-state index contributed by atoms with van der Waals surface area (Å²) in [7, 11) is 1.10. The summed E-state index contributed by atoms with van der Waals surface area (Å²) >= 11 is 0. The van der Waals surface area contributed by atoms with Crippen molar-refractivity contribution < 1.29 is 84.9 Å². The van der Waals surface area contributed by atoms with Crippen LogP contribution < -0.4 is 0 Å². The van der Waals surface area contributed by atoms with Crippen molar-refractivity contribution in [3.05, 3.63) is 41.2 Å². The molecule has 4 rings (SSSR count). The van der Waals surface area contributed by atoms with E-state index in [2.05, 4.69) is 0 Å². The van der Waals surface area contributed by atoms with Crippen LogP contribution in [-0.2, 0) is 6.42 Å². The molecule has 0 heterocycles. The number of phenolic OH excluding ortho intramolecular Hbond substituents is 1. The first kappa shape index (κ1) is 44.2. The molecule has 0 radical (unpaired) electrons. The average Bonchev–Trinajstić information content (AvgIpc) is 3.34. The molecule has 0 aromatic heterocycles. The van der Waals surface area contributed by atoms with Crippen molar-refractivity contribution in [1.82, 2.24) is 4.90 Å². The molecule has 2 N–H and O–H groups in total. The molecule has 310 valence electrons. The average molecular weight is 816 g/mol. The first-order valence-electron chi connectivity index (χ1n) is 16.9. The Morgan fingerprint density at radius 2 is 1.41 bits per heavy atom. The van der Waals surface area contributed by atoms with Gasteiger partial charge in [-0.05, 0) is 105 Å². The fraction of sp³-hybridized carbons (Fsp3) is 0.765. The van der Waals surface area contributed by atoms with Crippen LogP contribution >= 0.6 is 0 Å². The number of unbranched alkanes of at least 4 members (excludes halogenated alkanes) is 2. The lowest BCUT2D eigenvalue weighted by Crippen LogP contribution is -2.72. The number of allylic oxidation sites excluding steroid dienone is 1. The highest BCUT2D eigenvalue weighted by Crippen LogP contribution is 2.65. The molecule has 1 aromatic carbocycles. The van der Waals surface area contributed by atoms with Crippen LogP contribution in [0.4, 0.5) is 74.6 Å². The molecule has 0 unspecified atom stereocenters. The summed E-state index contributed by atoms with van der Waals surface area (Å²) in [5.41, 5.74) is 0.952. The third kappa shape index (κ3) is 6.94. The van der Waals surface area contributed by atoms with E-state index in [0.717, 1.165) is 23.1 Å². The number of benzene rings is 1. The Morgan fingerprint density at radius 3 is 2.00 bits per heavy atom. The molecule has 3 aliphatic rings. The standard InChI is InChI=1S/C34H38F17NO2/c1-27-16-22(35)26-20-8-7-19(53)15-18(20)14-17(25(26)21(27)9-10-24(27)54)6-4-3-5-12-52(2)13-11-23(36)28(37,38)29(39,40)30(41,42)31(43,44)32(45,46)33(47,48)34(49,50)51/h7-8,11,15,17,21-22,24-26,53-54H,3-6,9-10,12-14,16H2,1-2H3/t17-,21+,22+,24+,25+,26+,27+/m1/s1. The lowest BCUT2D eigenvalue weighted by molar-refractivity contribution is -0.450. The van der Waals surface area contributed by atoms with Crippen molar-refractivity contribution in [2.24, 2.45) is 23.2 Å². The normalized spacial score (nSPS) is 28.9. The molecule has 0 aliphatic heterocycles. The van der Waals surface area contributed by atoms with Crippen LogP contribution in [0.5, 0.6) is 5.75 Å². The van der Waals surface area contributed by atoms with Crippen LogP contribution in [0.1, 0.15) is 68.9 Å². The van der Waals surface area contributed by atoms with E-state index in [4.69, 9.17) is 0 Å². The molecule has 0 bridgehead atoms. The predicted molar refractivity (Wildman–Crippen MR) is 159 cm³/mol. The fourth-order valence-corrected chi connectivity index (χ4v) is 8.57. The lowest BCUT2D eigenvalue weighted by Gasteiger charge is -2.54. The van der Waals surface area contributed by atoms with Gasteiger partial charge in [-0.2, -0.15) is 65.9 Å². The molecular formula is C34H38F17NO2. The number of likely N-dealkylation sites (N-methyl/N-ethyl adjacent to an activating group) is 1. The van der Waals surface area contributed by atoms with E-state index in [0.29, 0.717) is 38.5 Å². The zero-order valence-electron chi connectivity index (χ0n) is 28.6. The number of aliphatic hydroxyl groups excluding tert-OH is 1. The number of hydrogen-bond donors (Lipinski definition) is 2. The van der Waals surface area contributed by atoms with Gasteiger partial charge in [-0.25, -0.2) is 8.78 Å². The second-order valence-corrected chi connectivity index (χ2v) is 15.0. The van der Waals surface area contributed by atoms with Gasteiger partial charge in [0.2, 0.25) is 0 Å². The van der Waals surface area contributed by atoms with E-state index in [1.165, 1.54) is 6.07 Å². The van der Waals surface area contributed by atoms with Gasteiger partial charge in [-0.3, -0.25) is 0 Å². The fourth-order valence-electron chi connectivity index (χ4n) is 8.57. The molecule has 3 aliphatic carbocycles. The highest BCUT2D eigenvalue weighted by molar-refractivity contribution is 5.41. The van der Waals surface area contributed by atoms with Crippen molar-refractivity contribution in [2.45, 2.75) is 118 Å². The first-order chi connectivity index (χ1) is 24.4. The van der Waals surface area contributed by atoms with Crippen LogP contribution in [0.3, 0.4) is 0 Å². The topological polar surface area (TPSA) is 43.7 Å². The molecule has 0 amide bonds. The third-order valence-electron chi connectivity index (χ3n) is 11.6. The molecule has 2 fully saturated rings. The van der Waals surface area contributed by atoms with E-state index >= 15 is 4.39 Å². The quantitative estimate of drug-likeness (QED) is 0.145. The minimum absolute atomic E-state index is 0.00656. The highest BCUT2D eigenvalue weighted by Gasteiger charge is 2.93. The van der Waals surface area contributed by atoms with Gasteiger partial charge in [-0.1, -0.05) is 25.8 Å². The van der Waals surface area contributed by atoms with Crippen molar-refractivity contribution in [3.8, 4) is 5.75 Å². The summed E-state index contributed by atoms with van der Waals surface area (Å²) in [5.74, 6) is -52.7. The Hall–Kier alpha value is -2.51. The Kier molecular flexibility index (Phi) is 11.8. The van der Waals surface area contributed by atoms with Gasteiger partial charge in [0, 0.05) is 12.5 Å². The zero-order chi connectivity index (χ0) is 41.3. The van der Waals surface area contributed by atoms with Crippen LogP contribution in [0.15, 0.2) is 30.1 Å². The second kappa shape index (κ2) is 14.5. The Balaban J connectivity index is 1.38. The number of rotatable bonds is 14. The van der Waals surface area contributed by atoms with E-state index in [1.54, 1.807) is 12.1 Å². The Bertz CT molecular complexity index is 1530. The summed E-state index contributed by atoms with van der Waals surface area (Å²) in [5, 5.41) is 20.8. The Labute approximate surface area is 298 Å². The van der Waals surface area contributed by atoms with Crippen LogP contribution in [0.25, 0.3) is 0 Å². The van der Waals surface area contributed by atoms with Crippen LogP contribution in [0.2, 0.25) is 0 Å². The number of nitrogens with zero attached hydrogens (tertiary/aromatic N) is 1. The van der Waals surface area contributed by atoms with Gasteiger partial charge >= 0.3 is 41.7 Å². The monoisotopic (exact) mass is 815 g/mol. The minimum atomic E-state index is -8.49. The summed E-state index contributed by atoms with van der Waals surface area (Å²) in [6.45, 7) is 0.700. The van der Waals surface area contributed by atoms with Crippen molar-refractivity contribution >= 4 is 0 Å². The molecule has 7 atom stereocenters. The van der Waals surface area contributed by atoms with Gasteiger partial charge in [0.15, 0.2) is 5.83 Å². The highest BCUT2D eigenvalue weighted by atomic mass is 19.4. The molecule has 3 nitrogen and oxygen atoms in total. The Morgan fingerprint density at radius 1 is 0.833 bits per heavy atom. The molecule has 54 heavy (non-hydrogen) atoms. The molecule has 1 aromatic rings. The van der Waals surface area contributed by atoms with E-state index in [-0.39, 0.29) is 42.9 Å². The first-order valence-corrected chi connectivity index (χ1v) is 16.9. The largest absolute Gasteiger partial charge is 0.508 e. The van der Waals surface area contributed by atoms with Gasteiger partial charge in [0.05, 0.1) is 6.10 Å². The summed E-state index contributed by atoms with van der Waals surface area (Å²) in [6.07, 6.45) is -6.57. The summed E-state index contributed by atoms with van der Waals surface area (Å²) < 4.78 is 232. The van der Waals surface area contributed by atoms with E-state index in [1.807, 2.05) is 6.92 Å². The van der Waals surface area contributed by atoms with Crippen LogP contribution in [-0.4, -0.2) is 89.2 Å². The van der Waals surface area contributed by atoms with E-state index in [9.17, 15) is 80.5 Å². The van der Waals surface area contributed by atoms with Gasteiger partial charge in [0.25, 0.3) is 0 Å². The third-order valence-corrected chi connectivity index (χ3v) is 11.6. The van der Waals surface area contributed by atoms with E-state index < -0.39 is 83.8 Å². The van der Waals surface area contributed by atoms with Crippen LogP contribution in [0, 0.1) is 23.2 Å². The van der Waals surface area contributed by atoms with Gasteiger partial charge in [0.1, 0.15) is 11.9 Å². The maximum absolute atomic E-state index is 15.9. The maximum atomic E-state index is 15.9. The second-order valence-electron chi connectivity index (χ2n) is 15.0. The summed E-state index contributed by atoms with van der Waals surface area (Å²) in [6, 6.07) is 4.78. The van der Waals surface area contributed by atoms with Crippen molar-refractivity contribution in [2.75, 3.05) is 20.1 Å². The number of aliphatic hydroxyl groups is 1. The zero-order valence-corrected chi connectivity index (χ0v) is 28.6. The maximum Gasteiger partial charge on any atom is 0.460 e. The number of alkyl halides is 16.